The molecule has 0 amide bonds. The molecule has 0 aliphatic carbocycles. The molecule has 0 radical (unpaired) electrons. The van der Waals surface area contributed by atoms with Crippen LogP contribution in [0.15, 0.2) is 4.52 Å². The van der Waals surface area contributed by atoms with E-state index in [-0.39, 0.29) is 5.41 Å². The normalized spacial score (nSPS) is 12.0. The van der Waals surface area contributed by atoms with E-state index in [1.807, 2.05) is 6.92 Å². The van der Waals surface area contributed by atoms with E-state index in [0.717, 1.165) is 12.4 Å². The lowest BCUT2D eigenvalue weighted by Crippen LogP contribution is -2.14. The van der Waals surface area contributed by atoms with Gasteiger partial charge < -0.3 is 9.84 Å². The minimum atomic E-state index is -0.0581. The molecule has 0 atom stereocenters. The van der Waals surface area contributed by atoms with Gasteiger partial charge in [-0.25, -0.2) is 0 Å². The van der Waals surface area contributed by atoms with Crippen molar-refractivity contribution in [2.45, 2.75) is 39.7 Å². The second kappa shape index (κ2) is 3.87. The third kappa shape index (κ3) is 2.81. The van der Waals surface area contributed by atoms with Crippen molar-refractivity contribution >= 4 is 0 Å². The second-order valence-electron chi connectivity index (χ2n) is 4.05. The van der Waals surface area contributed by atoms with Crippen LogP contribution in [-0.4, -0.2) is 16.7 Å². The predicted octanol–water partition coefficient (Wildman–Crippen LogP) is 1.48. The Bertz CT molecular complexity index is 262. The van der Waals surface area contributed by atoms with Crippen molar-refractivity contribution in [1.82, 2.24) is 15.5 Å². The third-order valence-electron chi connectivity index (χ3n) is 1.64. The molecule has 4 nitrogen and oxygen atoms in total. The largest absolute Gasteiger partial charge is 0.339 e. The van der Waals surface area contributed by atoms with Crippen LogP contribution in [0.25, 0.3) is 0 Å². The first-order valence-electron chi connectivity index (χ1n) is 4.58. The van der Waals surface area contributed by atoms with Crippen molar-refractivity contribution in [1.29, 1.82) is 0 Å². The first-order chi connectivity index (χ1) is 6.04. The highest BCUT2D eigenvalue weighted by Gasteiger charge is 2.21. The van der Waals surface area contributed by atoms with Gasteiger partial charge in [0.05, 0.1) is 6.54 Å². The third-order valence-corrected chi connectivity index (χ3v) is 1.64. The summed E-state index contributed by atoms with van der Waals surface area (Å²) in [5.74, 6) is 1.42. The minimum absolute atomic E-state index is 0.0581. The fourth-order valence-corrected chi connectivity index (χ4v) is 0.867. The summed E-state index contributed by atoms with van der Waals surface area (Å²) in [6.45, 7) is 9.80. The van der Waals surface area contributed by atoms with Gasteiger partial charge >= 0.3 is 0 Å². The molecule has 0 aliphatic rings. The molecule has 0 unspecified atom stereocenters. The summed E-state index contributed by atoms with van der Waals surface area (Å²) in [6, 6.07) is 0. The highest BCUT2D eigenvalue weighted by Crippen LogP contribution is 2.19. The standard InChI is InChI=1S/C9H17N3O/c1-5-10-6-7-11-8(13-12-7)9(2,3)4/h10H,5-6H2,1-4H3. The van der Waals surface area contributed by atoms with Crippen LogP contribution in [0.4, 0.5) is 0 Å². The summed E-state index contributed by atoms with van der Waals surface area (Å²) in [7, 11) is 0. The van der Waals surface area contributed by atoms with Crippen LogP contribution in [0.1, 0.15) is 39.4 Å². The first kappa shape index (κ1) is 10.2. The molecule has 1 aromatic rings. The van der Waals surface area contributed by atoms with Gasteiger partial charge in [0, 0.05) is 5.41 Å². The molecule has 4 heteroatoms. The maximum Gasteiger partial charge on any atom is 0.232 e. The van der Waals surface area contributed by atoms with Crippen LogP contribution >= 0.6 is 0 Å². The van der Waals surface area contributed by atoms with Crippen molar-refractivity contribution in [2.24, 2.45) is 0 Å². The lowest BCUT2D eigenvalue weighted by molar-refractivity contribution is 0.318. The number of rotatable bonds is 3. The Morgan fingerprint density at radius 2 is 2.08 bits per heavy atom. The lowest BCUT2D eigenvalue weighted by Gasteiger charge is -2.10. The maximum absolute atomic E-state index is 5.13. The van der Waals surface area contributed by atoms with Gasteiger partial charge in [0.15, 0.2) is 5.82 Å². The van der Waals surface area contributed by atoms with E-state index >= 15 is 0 Å². The smallest absolute Gasteiger partial charge is 0.232 e. The average Bonchev–Trinajstić information content (AvgIpc) is 2.47. The SMILES string of the molecule is CCNCc1noc(C(C)(C)C)n1. The summed E-state index contributed by atoms with van der Waals surface area (Å²) < 4.78 is 5.13. The molecule has 0 fully saturated rings. The molecule has 0 saturated carbocycles. The van der Waals surface area contributed by atoms with Gasteiger partial charge in [-0.2, -0.15) is 4.98 Å². The van der Waals surface area contributed by atoms with E-state index in [2.05, 4.69) is 36.2 Å². The maximum atomic E-state index is 5.13. The summed E-state index contributed by atoms with van der Waals surface area (Å²) >= 11 is 0. The van der Waals surface area contributed by atoms with Gasteiger partial charge in [-0.3, -0.25) is 0 Å². The second-order valence-corrected chi connectivity index (χ2v) is 4.05. The Hall–Kier alpha value is -0.900. The Kier molecular flexibility index (Phi) is 3.03. The van der Waals surface area contributed by atoms with Gasteiger partial charge in [-0.15, -0.1) is 0 Å². The monoisotopic (exact) mass is 183 g/mol. The molecule has 13 heavy (non-hydrogen) atoms. The zero-order valence-electron chi connectivity index (χ0n) is 8.72. The van der Waals surface area contributed by atoms with E-state index in [4.69, 9.17) is 4.52 Å². The Morgan fingerprint density at radius 3 is 2.54 bits per heavy atom. The molecular weight excluding hydrogens is 166 g/mol. The summed E-state index contributed by atoms with van der Waals surface area (Å²) in [6.07, 6.45) is 0. The topological polar surface area (TPSA) is 51.0 Å². The summed E-state index contributed by atoms with van der Waals surface area (Å²) in [4.78, 5) is 4.28. The minimum Gasteiger partial charge on any atom is -0.339 e. The van der Waals surface area contributed by atoms with Crippen molar-refractivity contribution in [3.05, 3.63) is 11.7 Å². The van der Waals surface area contributed by atoms with Crippen molar-refractivity contribution in [3.63, 3.8) is 0 Å². The fraction of sp³-hybridized carbons (Fsp3) is 0.778. The van der Waals surface area contributed by atoms with E-state index in [9.17, 15) is 0 Å². The van der Waals surface area contributed by atoms with Crippen molar-refractivity contribution in [2.75, 3.05) is 6.54 Å². The number of hydrogen-bond donors (Lipinski definition) is 1. The van der Waals surface area contributed by atoms with Gasteiger partial charge in [0.2, 0.25) is 5.89 Å². The Morgan fingerprint density at radius 1 is 1.38 bits per heavy atom. The van der Waals surface area contributed by atoms with E-state index in [0.29, 0.717) is 12.4 Å². The number of hydrogen-bond acceptors (Lipinski definition) is 4. The number of nitrogens with zero attached hydrogens (tertiary/aromatic N) is 2. The zero-order chi connectivity index (χ0) is 9.90. The lowest BCUT2D eigenvalue weighted by atomic mass is 9.97. The quantitative estimate of drug-likeness (QED) is 0.771. The van der Waals surface area contributed by atoms with Crippen LogP contribution in [0.3, 0.4) is 0 Å². The average molecular weight is 183 g/mol. The van der Waals surface area contributed by atoms with E-state index in [1.165, 1.54) is 0 Å². The molecule has 1 N–H and O–H groups in total. The van der Waals surface area contributed by atoms with Crippen LogP contribution in [-0.2, 0) is 12.0 Å². The highest BCUT2D eigenvalue weighted by atomic mass is 16.5. The van der Waals surface area contributed by atoms with Crippen molar-refractivity contribution in [3.8, 4) is 0 Å². The molecular formula is C9H17N3O. The van der Waals surface area contributed by atoms with Crippen LogP contribution < -0.4 is 5.32 Å². The summed E-state index contributed by atoms with van der Waals surface area (Å²) in [5, 5.41) is 7.02. The van der Waals surface area contributed by atoms with Crippen molar-refractivity contribution < 1.29 is 4.52 Å². The Labute approximate surface area is 78.7 Å². The van der Waals surface area contributed by atoms with Gasteiger partial charge in [-0.05, 0) is 6.54 Å². The molecule has 1 heterocycles. The zero-order valence-corrected chi connectivity index (χ0v) is 8.72. The van der Waals surface area contributed by atoms with E-state index < -0.39 is 0 Å². The molecule has 74 valence electrons. The predicted molar refractivity (Wildman–Crippen MR) is 50.4 cm³/mol. The molecule has 0 spiro atoms. The number of nitrogens with one attached hydrogen (secondary N) is 1. The fourth-order valence-electron chi connectivity index (χ4n) is 0.867. The molecule has 1 aromatic heterocycles. The van der Waals surface area contributed by atoms with Crippen LogP contribution in [0.2, 0.25) is 0 Å². The van der Waals surface area contributed by atoms with Gasteiger partial charge in [0.1, 0.15) is 0 Å². The number of aromatic nitrogens is 2. The van der Waals surface area contributed by atoms with E-state index in [1.54, 1.807) is 0 Å². The Balaban J connectivity index is 2.64. The molecule has 0 aliphatic heterocycles. The van der Waals surface area contributed by atoms with Gasteiger partial charge in [-0.1, -0.05) is 32.9 Å². The van der Waals surface area contributed by atoms with Gasteiger partial charge in [0.25, 0.3) is 0 Å². The van der Waals surface area contributed by atoms with Crippen LogP contribution in [0.5, 0.6) is 0 Å². The molecule has 1 rings (SSSR count). The molecule has 0 aromatic carbocycles. The highest BCUT2D eigenvalue weighted by molar-refractivity contribution is 4.97. The first-order valence-corrected chi connectivity index (χ1v) is 4.58. The molecule has 0 saturated heterocycles. The van der Waals surface area contributed by atoms with Crippen LogP contribution in [0, 0.1) is 0 Å². The molecule has 0 bridgehead atoms. The summed E-state index contributed by atoms with van der Waals surface area (Å²) in [5.41, 5.74) is -0.0581.